The van der Waals surface area contributed by atoms with Crippen LogP contribution in [0.3, 0.4) is 0 Å². The molecular weight excluding hydrogens is 268 g/mol. The van der Waals surface area contributed by atoms with Gasteiger partial charge in [0.1, 0.15) is 5.01 Å². The minimum absolute atomic E-state index is 0.326. The maximum Gasteiger partial charge on any atom is 0.123 e. The fraction of sp³-hybridized carbons (Fsp3) is 0.438. The van der Waals surface area contributed by atoms with Gasteiger partial charge in [0.05, 0.1) is 12.1 Å². The monoisotopic (exact) mass is 288 g/mol. The number of hydrogen-bond acceptors (Lipinski definition) is 4. The molecule has 0 aliphatic heterocycles. The number of nitrogens with one attached hydrogen (secondary N) is 1. The van der Waals surface area contributed by atoms with Crippen LogP contribution in [0.15, 0.2) is 35.8 Å². The molecule has 0 saturated heterocycles. The molecule has 1 aliphatic rings. The molecule has 1 heterocycles. The molecule has 1 saturated carbocycles. The summed E-state index contributed by atoms with van der Waals surface area (Å²) in [4.78, 5) is 4.37. The molecule has 2 aromatic rings. The van der Waals surface area contributed by atoms with Gasteiger partial charge in [-0.2, -0.15) is 0 Å². The lowest BCUT2D eigenvalue weighted by molar-refractivity contribution is 0.0606. The summed E-state index contributed by atoms with van der Waals surface area (Å²) in [7, 11) is 1.82. The number of anilines is 1. The van der Waals surface area contributed by atoms with Gasteiger partial charge in [0.15, 0.2) is 0 Å². The van der Waals surface area contributed by atoms with Crippen molar-refractivity contribution in [2.24, 2.45) is 0 Å². The second-order valence-corrected chi connectivity index (χ2v) is 6.12. The molecule has 2 unspecified atom stereocenters. The molecule has 1 N–H and O–H groups in total. The number of aromatic nitrogens is 1. The third-order valence-corrected chi connectivity index (χ3v) is 4.72. The summed E-state index contributed by atoms with van der Waals surface area (Å²) in [5.74, 6) is 0. The van der Waals surface area contributed by atoms with E-state index in [1.54, 1.807) is 11.3 Å². The van der Waals surface area contributed by atoms with Gasteiger partial charge in [-0.1, -0.05) is 25.0 Å². The highest BCUT2D eigenvalue weighted by Gasteiger charge is 2.24. The van der Waals surface area contributed by atoms with Crippen molar-refractivity contribution in [3.8, 4) is 10.6 Å². The van der Waals surface area contributed by atoms with Crippen molar-refractivity contribution in [2.75, 3.05) is 12.4 Å². The first-order valence-corrected chi connectivity index (χ1v) is 8.04. The lowest BCUT2D eigenvalue weighted by Gasteiger charge is -2.31. The molecule has 3 nitrogen and oxygen atoms in total. The highest BCUT2D eigenvalue weighted by Crippen LogP contribution is 2.27. The van der Waals surface area contributed by atoms with Gasteiger partial charge < -0.3 is 10.1 Å². The maximum atomic E-state index is 5.61. The minimum Gasteiger partial charge on any atom is -0.380 e. The first kappa shape index (κ1) is 13.6. The van der Waals surface area contributed by atoms with Gasteiger partial charge in [-0.15, -0.1) is 11.3 Å². The van der Waals surface area contributed by atoms with Crippen LogP contribution in [-0.4, -0.2) is 24.2 Å². The van der Waals surface area contributed by atoms with Crippen molar-refractivity contribution in [3.63, 3.8) is 0 Å². The van der Waals surface area contributed by atoms with E-state index in [0.29, 0.717) is 12.1 Å². The summed E-state index contributed by atoms with van der Waals surface area (Å²) in [6.45, 7) is 0. The first-order chi connectivity index (χ1) is 9.86. The van der Waals surface area contributed by atoms with Crippen molar-refractivity contribution in [2.45, 2.75) is 37.8 Å². The van der Waals surface area contributed by atoms with Crippen LogP contribution in [0.5, 0.6) is 0 Å². The Labute approximate surface area is 124 Å². The summed E-state index contributed by atoms with van der Waals surface area (Å²) in [6, 6.07) is 8.92. The average Bonchev–Trinajstić information content (AvgIpc) is 3.02. The van der Waals surface area contributed by atoms with Crippen LogP contribution in [0, 0.1) is 0 Å². The largest absolute Gasteiger partial charge is 0.380 e. The van der Waals surface area contributed by atoms with E-state index in [0.717, 1.165) is 17.1 Å². The molecule has 20 heavy (non-hydrogen) atoms. The third kappa shape index (κ3) is 3.02. The predicted octanol–water partition coefficient (Wildman–Crippen LogP) is 4.18. The first-order valence-electron chi connectivity index (χ1n) is 7.16. The van der Waals surface area contributed by atoms with Crippen LogP contribution < -0.4 is 5.32 Å². The summed E-state index contributed by atoms with van der Waals surface area (Å²) >= 11 is 1.67. The van der Waals surface area contributed by atoms with Crippen LogP contribution >= 0.6 is 11.3 Å². The Morgan fingerprint density at radius 3 is 3.00 bits per heavy atom. The molecule has 4 heteroatoms. The number of rotatable bonds is 4. The molecule has 2 atom stereocenters. The van der Waals surface area contributed by atoms with E-state index in [1.807, 2.05) is 18.7 Å². The zero-order chi connectivity index (χ0) is 13.8. The van der Waals surface area contributed by atoms with Crippen molar-refractivity contribution < 1.29 is 4.74 Å². The Morgan fingerprint density at radius 1 is 1.30 bits per heavy atom. The number of hydrogen-bond donors (Lipinski definition) is 1. The lowest BCUT2D eigenvalue weighted by Crippen LogP contribution is -2.37. The Balaban J connectivity index is 1.75. The third-order valence-electron chi connectivity index (χ3n) is 3.90. The molecule has 1 aliphatic carbocycles. The average molecular weight is 288 g/mol. The number of nitrogens with zero attached hydrogens (tertiary/aromatic N) is 1. The zero-order valence-corrected chi connectivity index (χ0v) is 12.5. The van der Waals surface area contributed by atoms with E-state index in [2.05, 4.69) is 34.6 Å². The molecule has 0 spiro atoms. The summed E-state index contributed by atoms with van der Waals surface area (Å²) < 4.78 is 5.61. The Kier molecular flexibility index (Phi) is 4.33. The molecule has 0 amide bonds. The van der Waals surface area contributed by atoms with Crippen molar-refractivity contribution in [1.29, 1.82) is 0 Å². The summed E-state index contributed by atoms with van der Waals surface area (Å²) in [5.41, 5.74) is 2.33. The fourth-order valence-corrected chi connectivity index (χ4v) is 3.50. The summed E-state index contributed by atoms with van der Waals surface area (Å²) in [5, 5.41) is 6.72. The number of methoxy groups -OCH3 is 1. The Hall–Kier alpha value is -1.39. The maximum absolute atomic E-state index is 5.61. The number of ether oxygens (including phenoxy) is 1. The van der Waals surface area contributed by atoms with Gasteiger partial charge in [-0.3, -0.25) is 0 Å². The molecule has 1 fully saturated rings. The fourth-order valence-electron chi connectivity index (χ4n) is 2.87. The van der Waals surface area contributed by atoms with Crippen molar-refractivity contribution in [3.05, 3.63) is 35.8 Å². The van der Waals surface area contributed by atoms with Gasteiger partial charge in [0, 0.05) is 29.9 Å². The second-order valence-electron chi connectivity index (χ2n) is 5.23. The van der Waals surface area contributed by atoms with E-state index in [4.69, 9.17) is 4.74 Å². The molecule has 106 valence electrons. The SMILES string of the molecule is COC1CCCCC1Nc1cccc(-c2nccs2)c1. The van der Waals surface area contributed by atoms with Gasteiger partial charge >= 0.3 is 0 Å². The molecular formula is C16H20N2OS. The standard InChI is InChI=1S/C16H20N2OS/c1-19-15-8-3-2-7-14(15)18-13-6-4-5-12(11-13)16-17-9-10-20-16/h4-6,9-11,14-15,18H,2-3,7-8H2,1H3. The normalized spacial score (nSPS) is 22.6. The molecule has 3 rings (SSSR count). The van der Waals surface area contributed by atoms with E-state index >= 15 is 0 Å². The van der Waals surface area contributed by atoms with Gasteiger partial charge in [0.2, 0.25) is 0 Å². The lowest BCUT2D eigenvalue weighted by atomic mass is 9.92. The van der Waals surface area contributed by atoms with Gasteiger partial charge in [-0.05, 0) is 25.0 Å². The van der Waals surface area contributed by atoms with Crippen LogP contribution in [0.25, 0.3) is 10.6 Å². The molecule has 1 aromatic carbocycles. The molecule has 1 aromatic heterocycles. The van der Waals surface area contributed by atoms with E-state index in [-0.39, 0.29) is 0 Å². The van der Waals surface area contributed by atoms with E-state index in [9.17, 15) is 0 Å². The van der Waals surface area contributed by atoms with Gasteiger partial charge in [-0.25, -0.2) is 4.98 Å². The van der Waals surface area contributed by atoms with Crippen molar-refractivity contribution in [1.82, 2.24) is 4.98 Å². The van der Waals surface area contributed by atoms with Crippen LogP contribution in [0.2, 0.25) is 0 Å². The number of thiazole rings is 1. The zero-order valence-electron chi connectivity index (χ0n) is 11.7. The highest BCUT2D eigenvalue weighted by atomic mass is 32.1. The number of benzene rings is 1. The predicted molar refractivity (Wildman–Crippen MR) is 84.2 cm³/mol. The second kappa shape index (κ2) is 6.37. The summed E-state index contributed by atoms with van der Waals surface area (Å²) in [6.07, 6.45) is 7.06. The molecule has 0 bridgehead atoms. The smallest absolute Gasteiger partial charge is 0.123 e. The van der Waals surface area contributed by atoms with Gasteiger partial charge in [0.25, 0.3) is 0 Å². The van der Waals surface area contributed by atoms with E-state index in [1.165, 1.54) is 24.8 Å². The van der Waals surface area contributed by atoms with Crippen molar-refractivity contribution >= 4 is 17.0 Å². The van der Waals surface area contributed by atoms with E-state index < -0.39 is 0 Å². The molecule has 0 radical (unpaired) electrons. The quantitative estimate of drug-likeness (QED) is 0.916. The highest BCUT2D eigenvalue weighted by molar-refractivity contribution is 7.13. The topological polar surface area (TPSA) is 34.1 Å². The minimum atomic E-state index is 0.326. The van der Waals surface area contributed by atoms with Crippen LogP contribution in [0.1, 0.15) is 25.7 Å². The van der Waals surface area contributed by atoms with Crippen LogP contribution in [-0.2, 0) is 4.74 Å². The Morgan fingerprint density at radius 2 is 2.20 bits per heavy atom. The van der Waals surface area contributed by atoms with Crippen LogP contribution in [0.4, 0.5) is 5.69 Å². The Bertz CT molecular complexity index is 541.